The van der Waals surface area contributed by atoms with Gasteiger partial charge in [-0.05, 0) is 34.1 Å². The number of hydrogen-bond donors (Lipinski definition) is 2. The lowest BCUT2D eigenvalue weighted by Gasteiger charge is -2.20. The van der Waals surface area contributed by atoms with Crippen molar-refractivity contribution < 1.29 is 0 Å². The molecule has 0 atom stereocenters. The normalized spacial score (nSPS) is 10.3. The molecule has 0 amide bonds. The average molecular weight is 325 g/mol. The van der Waals surface area contributed by atoms with Crippen LogP contribution >= 0.6 is 27.3 Å². The first-order chi connectivity index (χ1) is 8.58. The standard InChI is InChI=1S/C12H13BrN4S/c1-17(6-9-5-8(13)7-18-9)10-3-2-4-16-11(10)12(14)15/h2-5,7H,6H2,1H3,(H3,14,15). The summed E-state index contributed by atoms with van der Waals surface area (Å²) in [6, 6.07) is 5.86. The Morgan fingerprint density at radius 2 is 2.39 bits per heavy atom. The molecule has 6 heteroatoms. The Kier molecular flexibility index (Phi) is 3.98. The monoisotopic (exact) mass is 324 g/mol. The summed E-state index contributed by atoms with van der Waals surface area (Å²) >= 11 is 5.13. The van der Waals surface area contributed by atoms with E-state index in [1.807, 2.05) is 24.1 Å². The summed E-state index contributed by atoms with van der Waals surface area (Å²) in [7, 11) is 1.97. The third kappa shape index (κ3) is 2.88. The Labute approximate surface area is 118 Å². The van der Waals surface area contributed by atoms with Gasteiger partial charge in [0, 0.05) is 28.0 Å². The van der Waals surface area contributed by atoms with Crippen molar-refractivity contribution in [1.82, 2.24) is 4.98 Å². The van der Waals surface area contributed by atoms with E-state index >= 15 is 0 Å². The van der Waals surface area contributed by atoms with E-state index in [0.29, 0.717) is 5.69 Å². The second kappa shape index (κ2) is 5.49. The van der Waals surface area contributed by atoms with Gasteiger partial charge in [0.05, 0.1) is 12.2 Å². The lowest BCUT2D eigenvalue weighted by atomic mass is 10.2. The number of nitrogen functional groups attached to an aromatic ring is 1. The molecule has 0 radical (unpaired) electrons. The fourth-order valence-electron chi connectivity index (χ4n) is 1.67. The van der Waals surface area contributed by atoms with Crippen LogP contribution in [0.15, 0.2) is 34.2 Å². The summed E-state index contributed by atoms with van der Waals surface area (Å²) in [5.41, 5.74) is 6.93. The quantitative estimate of drug-likeness (QED) is 0.671. The predicted molar refractivity (Wildman–Crippen MR) is 79.4 cm³/mol. The molecule has 2 aromatic rings. The third-order valence-corrected chi connectivity index (χ3v) is 4.15. The van der Waals surface area contributed by atoms with Crippen molar-refractivity contribution in [2.45, 2.75) is 6.54 Å². The van der Waals surface area contributed by atoms with E-state index in [4.69, 9.17) is 11.1 Å². The van der Waals surface area contributed by atoms with E-state index in [0.717, 1.165) is 16.7 Å². The van der Waals surface area contributed by atoms with Gasteiger partial charge in [0.15, 0.2) is 0 Å². The van der Waals surface area contributed by atoms with Crippen molar-refractivity contribution in [3.63, 3.8) is 0 Å². The average Bonchev–Trinajstić information content (AvgIpc) is 2.74. The van der Waals surface area contributed by atoms with Crippen molar-refractivity contribution in [1.29, 1.82) is 5.41 Å². The van der Waals surface area contributed by atoms with Crippen LogP contribution in [0.2, 0.25) is 0 Å². The van der Waals surface area contributed by atoms with E-state index in [2.05, 4.69) is 32.4 Å². The summed E-state index contributed by atoms with van der Waals surface area (Å²) in [5, 5.41) is 9.59. The minimum absolute atomic E-state index is 0.00944. The zero-order valence-electron chi connectivity index (χ0n) is 9.85. The summed E-state index contributed by atoms with van der Waals surface area (Å²) in [6.45, 7) is 0.766. The number of thiophene rings is 1. The van der Waals surface area contributed by atoms with Crippen LogP contribution in [0.3, 0.4) is 0 Å². The lowest BCUT2D eigenvalue weighted by Crippen LogP contribution is -2.22. The highest BCUT2D eigenvalue weighted by Crippen LogP contribution is 2.24. The predicted octanol–water partition coefficient (Wildman–Crippen LogP) is 2.83. The molecule has 0 aliphatic rings. The Morgan fingerprint density at radius 1 is 1.61 bits per heavy atom. The van der Waals surface area contributed by atoms with Gasteiger partial charge in [0.25, 0.3) is 0 Å². The van der Waals surface area contributed by atoms with Crippen LogP contribution in [0.5, 0.6) is 0 Å². The van der Waals surface area contributed by atoms with Gasteiger partial charge in [-0.2, -0.15) is 0 Å². The number of rotatable bonds is 4. The molecule has 2 aromatic heterocycles. The Hall–Kier alpha value is -1.40. The van der Waals surface area contributed by atoms with Gasteiger partial charge in [0.2, 0.25) is 0 Å². The molecule has 0 aliphatic carbocycles. The zero-order valence-corrected chi connectivity index (χ0v) is 12.3. The van der Waals surface area contributed by atoms with E-state index in [1.165, 1.54) is 4.88 Å². The summed E-state index contributed by atoms with van der Waals surface area (Å²) in [6.07, 6.45) is 1.65. The van der Waals surface area contributed by atoms with Gasteiger partial charge in [-0.25, -0.2) is 0 Å². The number of pyridine rings is 1. The Morgan fingerprint density at radius 3 is 3.00 bits per heavy atom. The number of nitrogens with one attached hydrogen (secondary N) is 1. The number of anilines is 1. The molecule has 0 aromatic carbocycles. The number of amidine groups is 1. The highest BCUT2D eigenvalue weighted by Gasteiger charge is 2.11. The van der Waals surface area contributed by atoms with Gasteiger partial charge >= 0.3 is 0 Å². The van der Waals surface area contributed by atoms with Gasteiger partial charge in [-0.1, -0.05) is 0 Å². The van der Waals surface area contributed by atoms with Crippen LogP contribution in [0, 0.1) is 5.41 Å². The lowest BCUT2D eigenvalue weighted by molar-refractivity contribution is 0.930. The molecule has 0 unspecified atom stereocenters. The number of halogens is 1. The van der Waals surface area contributed by atoms with Gasteiger partial charge in [-0.15, -0.1) is 11.3 Å². The summed E-state index contributed by atoms with van der Waals surface area (Å²) in [4.78, 5) is 7.43. The fourth-order valence-corrected chi connectivity index (χ4v) is 3.17. The molecular formula is C12H13BrN4S. The molecular weight excluding hydrogens is 312 g/mol. The number of nitrogens with two attached hydrogens (primary N) is 1. The molecule has 18 heavy (non-hydrogen) atoms. The van der Waals surface area contributed by atoms with Crippen LogP contribution in [0.1, 0.15) is 10.6 Å². The SMILES string of the molecule is CN(Cc1cc(Br)cs1)c1cccnc1C(=N)N. The van der Waals surface area contributed by atoms with E-state index in [1.54, 1.807) is 17.5 Å². The third-order valence-electron chi connectivity index (χ3n) is 2.47. The first-order valence-electron chi connectivity index (χ1n) is 5.31. The van der Waals surface area contributed by atoms with Crippen molar-refractivity contribution in [2.75, 3.05) is 11.9 Å². The maximum atomic E-state index is 7.54. The Balaban J connectivity index is 2.23. The van der Waals surface area contributed by atoms with E-state index in [9.17, 15) is 0 Å². The molecule has 0 bridgehead atoms. The first kappa shape index (κ1) is 13.0. The minimum Gasteiger partial charge on any atom is -0.382 e. The molecule has 0 saturated heterocycles. The van der Waals surface area contributed by atoms with Crippen molar-refractivity contribution in [2.24, 2.45) is 5.73 Å². The van der Waals surface area contributed by atoms with Gasteiger partial charge in [0.1, 0.15) is 11.5 Å². The highest BCUT2D eigenvalue weighted by molar-refractivity contribution is 9.10. The highest BCUT2D eigenvalue weighted by atomic mass is 79.9. The van der Waals surface area contributed by atoms with Crippen LogP contribution in [-0.4, -0.2) is 17.9 Å². The van der Waals surface area contributed by atoms with Crippen LogP contribution in [0.4, 0.5) is 5.69 Å². The second-order valence-corrected chi connectivity index (χ2v) is 5.78. The second-order valence-electron chi connectivity index (χ2n) is 3.87. The van der Waals surface area contributed by atoms with Gasteiger partial charge in [-0.3, -0.25) is 10.4 Å². The molecule has 2 heterocycles. The topological polar surface area (TPSA) is 66.0 Å². The summed E-state index contributed by atoms with van der Waals surface area (Å²) in [5.74, 6) is -0.00944. The van der Waals surface area contributed by atoms with Gasteiger partial charge < -0.3 is 10.6 Å². The zero-order chi connectivity index (χ0) is 13.1. The van der Waals surface area contributed by atoms with Crippen LogP contribution in [-0.2, 0) is 6.54 Å². The molecule has 94 valence electrons. The number of aromatic nitrogens is 1. The maximum absolute atomic E-state index is 7.54. The first-order valence-corrected chi connectivity index (χ1v) is 6.98. The Bertz CT molecular complexity index is 567. The van der Waals surface area contributed by atoms with Crippen LogP contribution in [0.25, 0.3) is 0 Å². The van der Waals surface area contributed by atoms with Crippen molar-refractivity contribution in [3.05, 3.63) is 44.8 Å². The molecule has 4 nitrogen and oxygen atoms in total. The summed E-state index contributed by atoms with van der Waals surface area (Å²) < 4.78 is 1.09. The maximum Gasteiger partial charge on any atom is 0.143 e. The molecule has 0 aliphatic heterocycles. The van der Waals surface area contributed by atoms with Crippen LogP contribution < -0.4 is 10.6 Å². The minimum atomic E-state index is -0.00944. The smallest absolute Gasteiger partial charge is 0.143 e. The number of nitrogens with zero attached hydrogens (tertiary/aromatic N) is 2. The molecule has 3 N–H and O–H groups in total. The van der Waals surface area contributed by atoms with Crippen molar-refractivity contribution >= 4 is 38.8 Å². The molecule has 0 fully saturated rings. The van der Waals surface area contributed by atoms with Crippen molar-refractivity contribution in [3.8, 4) is 0 Å². The molecule has 2 rings (SSSR count). The largest absolute Gasteiger partial charge is 0.382 e. The van der Waals surface area contributed by atoms with E-state index < -0.39 is 0 Å². The van der Waals surface area contributed by atoms with E-state index in [-0.39, 0.29) is 5.84 Å². The fraction of sp³-hybridized carbons (Fsp3) is 0.167. The number of hydrogen-bond acceptors (Lipinski definition) is 4. The molecule has 0 saturated carbocycles. The molecule has 0 spiro atoms.